The van der Waals surface area contributed by atoms with Gasteiger partial charge in [0.15, 0.2) is 0 Å². The van der Waals surface area contributed by atoms with Crippen LogP contribution >= 0.6 is 0 Å². The van der Waals surface area contributed by atoms with Gasteiger partial charge >= 0.3 is 0 Å². The molecule has 0 saturated heterocycles. The van der Waals surface area contributed by atoms with E-state index < -0.39 is 5.91 Å². The number of ether oxygens (including phenoxy) is 1. The van der Waals surface area contributed by atoms with Gasteiger partial charge in [0.1, 0.15) is 5.75 Å². The lowest BCUT2D eigenvalue weighted by molar-refractivity contribution is 0.1000. The van der Waals surface area contributed by atoms with E-state index in [9.17, 15) is 4.79 Å². The third-order valence-electron chi connectivity index (χ3n) is 5.07. The number of hydrogen-bond donors (Lipinski definition) is 2. The first-order chi connectivity index (χ1) is 14.5. The van der Waals surface area contributed by atoms with Crippen LogP contribution in [0.25, 0.3) is 0 Å². The predicted octanol–water partition coefficient (Wildman–Crippen LogP) is 5.49. The quantitative estimate of drug-likeness (QED) is 0.595. The smallest absolute Gasteiger partial charge is 0.250 e. The summed E-state index contributed by atoms with van der Waals surface area (Å²) in [6, 6.07) is 9.77. The van der Waals surface area contributed by atoms with E-state index in [2.05, 4.69) is 61.4 Å². The highest BCUT2D eigenvalue weighted by molar-refractivity contribution is 5.92. The number of aryl methyl sites for hydroxylation is 1. The fourth-order valence-corrected chi connectivity index (χ4v) is 3.49. The highest BCUT2D eigenvalue weighted by Crippen LogP contribution is 2.34. The lowest BCUT2D eigenvalue weighted by Crippen LogP contribution is -2.12. The number of primary amides is 1. The van der Waals surface area contributed by atoms with Crippen molar-refractivity contribution in [3.8, 4) is 11.6 Å². The van der Waals surface area contributed by atoms with Crippen LogP contribution in [-0.2, 0) is 6.42 Å². The fraction of sp³-hybridized carbons (Fsp3) is 0.360. The number of fused-ring (bicyclic) bond motifs is 1. The number of rotatable bonds is 7. The van der Waals surface area contributed by atoms with Gasteiger partial charge in [-0.05, 0) is 69.5 Å². The molecule has 0 radical (unpaired) electrons. The van der Waals surface area contributed by atoms with Crippen molar-refractivity contribution in [2.75, 3.05) is 7.05 Å². The van der Waals surface area contributed by atoms with Gasteiger partial charge in [0.2, 0.25) is 11.8 Å². The molecule has 5 nitrogen and oxygen atoms in total. The number of allylic oxidation sites excluding steroid dienone is 4. The highest BCUT2D eigenvalue weighted by atomic mass is 16.5. The minimum atomic E-state index is -0.496. The topological polar surface area (TPSA) is 77.2 Å². The first-order valence-electron chi connectivity index (χ1n) is 10.5. The summed E-state index contributed by atoms with van der Waals surface area (Å²) in [5, 5.41) is 3.31. The Labute approximate surface area is 180 Å². The number of aromatic nitrogens is 1. The molecule has 1 amide bonds. The summed E-state index contributed by atoms with van der Waals surface area (Å²) in [5.41, 5.74) is 9.63. The molecule has 30 heavy (non-hydrogen) atoms. The molecule has 0 aliphatic heterocycles. The zero-order valence-corrected chi connectivity index (χ0v) is 18.4. The Morgan fingerprint density at radius 2 is 2.10 bits per heavy atom. The Kier molecular flexibility index (Phi) is 9.29. The lowest BCUT2D eigenvalue weighted by atomic mass is 10.1. The minimum Gasteiger partial charge on any atom is -0.439 e. The van der Waals surface area contributed by atoms with E-state index >= 15 is 0 Å². The molecule has 1 aromatic carbocycles. The number of nitrogens with two attached hydrogens (primary N) is 1. The van der Waals surface area contributed by atoms with Crippen LogP contribution in [-0.4, -0.2) is 17.9 Å². The zero-order valence-electron chi connectivity index (χ0n) is 18.4. The summed E-state index contributed by atoms with van der Waals surface area (Å²) in [5.74, 6) is 0.706. The van der Waals surface area contributed by atoms with Gasteiger partial charge in [0, 0.05) is 18.3 Å². The first-order valence-corrected chi connectivity index (χ1v) is 10.5. The van der Waals surface area contributed by atoms with E-state index in [1.165, 1.54) is 35.7 Å². The second-order valence-corrected chi connectivity index (χ2v) is 7.21. The third-order valence-corrected chi connectivity index (χ3v) is 5.07. The molecule has 1 atom stereocenters. The highest BCUT2D eigenvalue weighted by Gasteiger charge is 2.21. The average molecular weight is 408 g/mol. The second kappa shape index (κ2) is 11.9. The third kappa shape index (κ3) is 6.56. The van der Waals surface area contributed by atoms with Crippen LogP contribution in [0.3, 0.4) is 0 Å². The Hall–Kier alpha value is -2.92. The summed E-state index contributed by atoms with van der Waals surface area (Å²) < 4.78 is 5.72. The van der Waals surface area contributed by atoms with Crippen molar-refractivity contribution in [2.45, 2.75) is 52.5 Å². The number of benzene rings is 1. The normalized spacial score (nSPS) is 15.5. The molecule has 1 heterocycles. The van der Waals surface area contributed by atoms with Gasteiger partial charge in [-0.25, -0.2) is 4.98 Å². The van der Waals surface area contributed by atoms with Gasteiger partial charge < -0.3 is 15.8 Å². The van der Waals surface area contributed by atoms with E-state index in [0.29, 0.717) is 17.5 Å². The number of pyridine rings is 1. The second-order valence-electron chi connectivity index (χ2n) is 7.21. The van der Waals surface area contributed by atoms with Gasteiger partial charge in [-0.1, -0.05) is 43.2 Å². The number of hydrogen-bond acceptors (Lipinski definition) is 4. The maximum Gasteiger partial charge on any atom is 0.250 e. The zero-order chi connectivity index (χ0) is 21.9. The van der Waals surface area contributed by atoms with Crippen molar-refractivity contribution < 1.29 is 9.53 Å². The van der Waals surface area contributed by atoms with Crippen molar-refractivity contribution in [1.82, 2.24) is 10.3 Å². The maximum atomic E-state index is 11.0. The SMILES string of the molecule is C/C=C\C(=C/C)CCC.CNC1CCc2cc(Oc3ccc(C(N)=O)cn3)ccc21. The first kappa shape index (κ1) is 23.4. The van der Waals surface area contributed by atoms with Gasteiger partial charge in [-0.2, -0.15) is 0 Å². The Morgan fingerprint density at radius 1 is 1.30 bits per heavy atom. The largest absolute Gasteiger partial charge is 0.439 e. The predicted molar refractivity (Wildman–Crippen MR) is 123 cm³/mol. The molecule has 0 bridgehead atoms. The average Bonchev–Trinajstić information content (AvgIpc) is 3.16. The molecular weight excluding hydrogens is 374 g/mol. The van der Waals surface area contributed by atoms with Gasteiger partial charge in [-0.3, -0.25) is 4.79 Å². The van der Waals surface area contributed by atoms with Gasteiger partial charge in [0.25, 0.3) is 0 Å². The molecule has 160 valence electrons. The summed E-state index contributed by atoms with van der Waals surface area (Å²) in [6.07, 6.45) is 12.5. The lowest BCUT2D eigenvalue weighted by Gasteiger charge is -2.11. The van der Waals surface area contributed by atoms with E-state index in [4.69, 9.17) is 10.5 Å². The summed E-state index contributed by atoms with van der Waals surface area (Å²) >= 11 is 0. The maximum absolute atomic E-state index is 11.0. The summed E-state index contributed by atoms with van der Waals surface area (Å²) in [4.78, 5) is 15.1. The van der Waals surface area contributed by atoms with E-state index in [1.807, 2.05) is 13.1 Å². The van der Waals surface area contributed by atoms with Gasteiger partial charge in [0.05, 0.1) is 5.56 Å². The van der Waals surface area contributed by atoms with Crippen molar-refractivity contribution in [3.63, 3.8) is 0 Å². The van der Waals surface area contributed by atoms with E-state index in [0.717, 1.165) is 18.6 Å². The van der Waals surface area contributed by atoms with Crippen molar-refractivity contribution in [1.29, 1.82) is 0 Å². The Bertz CT molecular complexity index is 886. The number of carbonyl (C=O) groups is 1. The molecule has 1 aliphatic rings. The number of amides is 1. The van der Waals surface area contributed by atoms with E-state index in [-0.39, 0.29) is 0 Å². The number of carbonyl (C=O) groups excluding carboxylic acids is 1. The van der Waals surface area contributed by atoms with Crippen LogP contribution in [0.15, 0.2) is 60.3 Å². The molecular formula is C25H33N3O2. The Balaban J connectivity index is 0.000000303. The molecule has 0 spiro atoms. The van der Waals surface area contributed by atoms with Crippen LogP contribution in [0, 0.1) is 0 Å². The molecule has 0 fully saturated rings. The fourth-order valence-electron chi connectivity index (χ4n) is 3.49. The van der Waals surface area contributed by atoms with Crippen molar-refractivity contribution in [2.24, 2.45) is 5.73 Å². The van der Waals surface area contributed by atoms with E-state index in [1.54, 1.807) is 12.1 Å². The summed E-state index contributed by atoms with van der Waals surface area (Å²) in [7, 11) is 1.98. The molecule has 1 aromatic heterocycles. The molecule has 3 rings (SSSR count). The number of nitrogens with zero attached hydrogens (tertiary/aromatic N) is 1. The van der Waals surface area contributed by atoms with Crippen LogP contribution in [0.2, 0.25) is 0 Å². The Morgan fingerprint density at radius 3 is 2.67 bits per heavy atom. The van der Waals surface area contributed by atoms with Gasteiger partial charge in [-0.15, -0.1) is 0 Å². The molecule has 3 N–H and O–H groups in total. The summed E-state index contributed by atoms with van der Waals surface area (Å²) in [6.45, 7) is 6.34. The standard InChI is InChI=1S/C16H17N3O2.C9H16/c1-18-14-6-2-10-8-12(4-5-13(10)14)21-15-7-3-11(9-19-15)16(17)20;1-4-7-9(6-3)8-5-2/h3-5,7-9,14,18H,2,6H2,1H3,(H2,17,20);4,6-7H,5,8H2,1-3H3/b;7-4-,9-6+. The van der Waals surface area contributed by atoms with Crippen LogP contribution in [0.1, 0.15) is 67.6 Å². The minimum absolute atomic E-state index is 0.369. The molecule has 1 aliphatic carbocycles. The van der Waals surface area contributed by atoms with Crippen LogP contribution in [0.5, 0.6) is 11.6 Å². The number of nitrogens with one attached hydrogen (secondary N) is 1. The van der Waals surface area contributed by atoms with Crippen molar-refractivity contribution in [3.05, 3.63) is 77.0 Å². The van der Waals surface area contributed by atoms with Crippen LogP contribution < -0.4 is 15.8 Å². The van der Waals surface area contributed by atoms with Crippen molar-refractivity contribution >= 4 is 5.91 Å². The molecule has 2 aromatic rings. The molecule has 1 unspecified atom stereocenters. The molecule has 5 heteroatoms. The molecule has 0 saturated carbocycles. The monoisotopic (exact) mass is 407 g/mol. The van der Waals surface area contributed by atoms with Crippen LogP contribution in [0.4, 0.5) is 0 Å².